The molecule has 0 atom stereocenters. The molecule has 0 saturated carbocycles. The van der Waals surface area contributed by atoms with Crippen LogP contribution < -0.4 is 10.6 Å². The third-order valence-electron chi connectivity index (χ3n) is 5.70. The Balaban J connectivity index is 1.74. The topological polar surface area (TPSA) is 62.2 Å². The highest BCUT2D eigenvalue weighted by atomic mass is 19.4. The van der Waals surface area contributed by atoms with Crippen molar-refractivity contribution in [3.05, 3.63) is 52.5 Å². The molecule has 1 aliphatic heterocycles. The van der Waals surface area contributed by atoms with Gasteiger partial charge in [-0.05, 0) is 50.2 Å². The maximum absolute atomic E-state index is 13.6. The highest BCUT2D eigenvalue weighted by Gasteiger charge is 2.34. The minimum atomic E-state index is -4.48. The summed E-state index contributed by atoms with van der Waals surface area (Å²) in [5, 5.41) is 6.75. The summed E-state index contributed by atoms with van der Waals surface area (Å²) in [7, 11) is 0. The first-order chi connectivity index (χ1) is 15.2. The number of nitrogens with zero attached hydrogens (tertiary/aromatic N) is 3. The summed E-state index contributed by atoms with van der Waals surface area (Å²) in [6.45, 7) is 6.83. The van der Waals surface area contributed by atoms with Gasteiger partial charge >= 0.3 is 6.18 Å². The van der Waals surface area contributed by atoms with Crippen molar-refractivity contribution >= 4 is 11.7 Å². The van der Waals surface area contributed by atoms with Gasteiger partial charge in [0.2, 0.25) is 0 Å². The lowest BCUT2D eigenvalue weighted by Gasteiger charge is -2.25. The largest absolute Gasteiger partial charge is 0.417 e. The average Bonchev–Trinajstić information content (AvgIpc) is 2.75. The Morgan fingerprint density at radius 3 is 2.59 bits per heavy atom. The molecule has 4 rings (SSSR count). The van der Waals surface area contributed by atoms with Crippen molar-refractivity contribution in [2.24, 2.45) is 10.9 Å². The van der Waals surface area contributed by atoms with Gasteiger partial charge in [0.1, 0.15) is 17.5 Å². The van der Waals surface area contributed by atoms with Crippen molar-refractivity contribution in [3.8, 4) is 11.4 Å². The fourth-order valence-corrected chi connectivity index (χ4v) is 4.09. The summed E-state index contributed by atoms with van der Waals surface area (Å²) in [6.07, 6.45) is -0.137. The number of hydrogen-bond donors (Lipinski definition) is 2. The van der Waals surface area contributed by atoms with Crippen molar-refractivity contribution < 1.29 is 13.2 Å². The number of aliphatic imine (C=N–C) groups is 1. The first kappa shape index (κ1) is 22.3. The van der Waals surface area contributed by atoms with Gasteiger partial charge in [-0.1, -0.05) is 32.0 Å². The van der Waals surface area contributed by atoms with Gasteiger partial charge in [-0.15, -0.1) is 0 Å². The highest BCUT2D eigenvalue weighted by Crippen LogP contribution is 2.37. The van der Waals surface area contributed by atoms with E-state index in [9.17, 15) is 13.2 Å². The van der Waals surface area contributed by atoms with Gasteiger partial charge in [-0.2, -0.15) is 13.2 Å². The number of hydrogen-bond acceptors (Lipinski definition) is 5. The smallest absolute Gasteiger partial charge is 0.330 e. The summed E-state index contributed by atoms with van der Waals surface area (Å²) in [4.78, 5) is 13.8. The molecule has 5 nitrogen and oxygen atoms in total. The quantitative estimate of drug-likeness (QED) is 0.619. The number of halogens is 3. The minimum Gasteiger partial charge on any atom is -0.330 e. The van der Waals surface area contributed by atoms with Crippen LogP contribution in [0.5, 0.6) is 0 Å². The van der Waals surface area contributed by atoms with E-state index in [2.05, 4.69) is 39.4 Å². The fraction of sp³-hybridized carbons (Fsp3) is 0.458. The molecule has 1 aromatic carbocycles. The maximum Gasteiger partial charge on any atom is 0.417 e. The molecule has 2 aliphatic rings. The van der Waals surface area contributed by atoms with Crippen LogP contribution in [0.2, 0.25) is 0 Å². The van der Waals surface area contributed by atoms with Gasteiger partial charge in [-0.25, -0.2) is 9.97 Å². The third-order valence-corrected chi connectivity index (χ3v) is 5.70. The number of amidine groups is 1. The summed E-state index contributed by atoms with van der Waals surface area (Å²) < 4.78 is 40.9. The number of benzene rings is 1. The van der Waals surface area contributed by atoms with E-state index in [0.717, 1.165) is 66.7 Å². The molecule has 32 heavy (non-hydrogen) atoms. The number of aromatic nitrogens is 2. The van der Waals surface area contributed by atoms with Gasteiger partial charge in [0.15, 0.2) is 5.82 Å². The Hall–Kier alpha value is -2.90. The van der Waals surface area contributed by atoms with Crippen LogP contribution in [-0.2, 0) is 19.0 Å². The van der Waals surface area contributed by atoms with Gasteiger partial charge in [0.05, 0.1) is 12.1 Å². The number of aryl methyl sites for hydroxylation is 1. The van der Waals surface area contributed by atoms with Gasteiger partial charge in [-0.3, -0.25) is 4.99 Å². The summed E-state index contributed by atoms with van der Waals surface area (Å²) in [5.41, 5.74) is 2.11. The summed E-state index contributed by atoms with van der Waals surface area (Å²) >= 11 is 0. The van der Waals surface area contributed by atoms with Crippen LogP contribution in [0.1, 0.15) is 56.9 Å². The Morgan fingerprint density at radius 1 is 1.09 bits per heavy atom. The maximum atomic E-state index is 13.6. The molecule has 0 fully saturated rings. The first-order valence-corrected chi connectivity index (χ1v) is 11.1. The average molecular weight is 444 g/mol. The number of nitrogens with one attached hydrogen (secondary N) is 2. The second kappa shape index (κ2) is 8.92. The van der Waals surface area contributed by atoms with Crippen molar-refractivity contribution in [2.45, 2.75) is 59.1 Å². The Labute approximate surface area is 186 Å². The van der Waals surface area contributed by atoms with Crippen LogP contribution in [-0.4, -0.2) is 22.3 Å². The highest BCUT2D eigenvalue weighted by molar-refractivity contribution is 5.86. The van der Waals surface area contributed by atoms with E-state index in [1.807, 2.05) is 6.92 Å². The fourth-order valence-electron chi connectivity index (χ4n) is 4.09. The Morgan fingerprint density at radius 2 is 1.84 bits per heavy atom. The van der Waals surface area contributed by atoms with E-state index >= 15 is 0 Å². The van der Waals surface area contributed by atoms with Crippen molar-refractivity contribution in [1.29, 1.82) is 0 Å². The van der Waals surface area contributed by atoms with Crippen molar-refractivity contribution in [1.82, 2.24) is 15.3 Å². The molecule has 8 heteroatoms. The molecule has 170 valence electrons. The normalized spacial score (nSPS) is 16.5. The van der Waals surface area contributed by atoms with Gasteiger partial charge in [0, 0.05) is 23.2 Å². The molecule has 2 heterocycles. The second-order valence-electron chi connectivity index (χ2n) is 8.84. The van der Waals surface area contributed by atoms with Crippen molar-refractivity contribution in [3.63, 3.8) is 0 Å². The standard InChI is InChI=1S/C24H28F3N5/c1-14(2)12-20-28-13-15(3)21(30-20)31-23-17-9-5-7-11-19(17)29-22(32-23)16-8-4-6-10-18(16)24(25,26)27/h4,6,8,10,14H,5,7,9,11-13H2,1-3H3,(H,28,30)(H,29,31,32). The van der Waals surface area contributed by atoms with Gasteiger partial charge < -0.3 is 10.6 Å². The lowest BCUT2D eigenvalue weighted by molar-refractivity contribution is -0.137. The number of fused-ring (bicyclic) bond motifs is 1. The molecule has 1 aliphatic carbocycles. The van der Waals surface area contributed by atoms with Crippen LogP contribution in [0.15, 0.2) is 40.7 Å². The Bertz CT molecular complexity index is 1070. The van der Waals surface area contributed by atoms with E-state index in [4.69, 9.17) is 0 Å². The van der Waals surface area contributed by atoms with Crippen LogP contribution in [0.3, 0.4) is 0 Å². The molecule has 2 N–H and O–H groups in total. The lowest BCUT2D eigenvalue weighted by atomic mass is 9.95. The van der Waals surface area contributed by atoms with Crippen LogP contribution in [0, 0.1) is 5.92 Å². The zero-order valence-corrected chi connectivity index (χ0v) is 18.6. The van der Waals surface area contributed by atoms with Crippen LogP contribution in [0.25, 0.3) is 11.4 Å². The van der Waals surface area contributed by atoms with Gasteiger partial charge in [0.25, 0.3) is 0 Å². The number of anilines is 1. The monoisotopic (exact) mass is 443 g/mol. The molecular weight excluding hydrogens is 415 g/mol. The molecule has 0 radical (unpaired) electrons. The van der Waals surface area contributed by atoms with E-state index < -0.39 is 11.7 Å². The predicted octanol–water partition coefficient (Wildman–Crippen LogP) is 5.73. The molecule has 0 amide bonds. The third kappa shape index (κ3) is 4.79. The summed E-state index contributed by atoms with van der Waals surface area (Å²) in [5.74, 6) is 2.84. The van der Waals surface area contributed by atoms with Crippen LogP contribution >= 0.6 is 0 Å². The SMILES string of the molecule is CC1=C(Nc2nc(-c3ccccc3C(F)(F)F)nc3c2CCCC3)NC(CC(C)C)=NC1. The van der Waals surface area contributed by atoms with E-state index in [0.29, 0.717) is 18.3 Å². The molecule has 2 aromatic rings. The number of alkyl halides is 3. The molecular formula is C24H28F3N5. The molecule has 0 unspecified atom stereocenters. The van der Waals surface area contributed by atoms with E-state index in [1.165, 1.54) is 12.1 Å². The first-order valence-electron chi connectivity index (χ1n) is 11.1. The number of rotatable bonds is 5. The Kier molecular flexibility index (Phi) is 6.22. The molecule has 0 spiro atoms. The predicted molar refractivity (Wildman–Crippen MR) is 120 cm³/mol. The van der Waals surface area contributed by atoms with Crippen LogP contribution in [0.4, 0.5) is 19.0 Å². The summed E-state index contributed by atoms with van der Waals surface area (Å²) in [6, 6.07) is 5.49. The zero-order valence-electron chi connectivity index (χ0n) is 18.6. The zero-order chi connectivity index (χ0) is 22.9. The second-order valence-corrected chi connectivity index (χ2v) is 8.84. The minimum absolute atomic E-state index is 0.000729. The molecule has 0 saturated heterocycles. The molecule has 0 bridgehead atoms. The van der Waals surface area contributed by atoms with E-state index in [1.54, 1.807) is 6.07 Å². The van der Waals surface area contributed by atoms with Crippen molar-refractivity contribution in [2.75, 3.05) is 11.9 Å². The molecule has 1 aromatic heterocycles. The lowest BCUT2D eigenvalue weighted by Crippen LogP contribution is -2.33. The van der Waals surface area contributed by atoms with E-state index in [-0.39, 0.29) is 11.4 Å².